The molecule has 26 heavy (non-hydrogen) atoms. The number of H-pyrrole nitrogens is 1. The standard InChI is InChI=1S/C18H21ClN4O3/c1-26-14-9-5-8-12(19)15(14)17(24)22-13-10-20-23-16(13)18(25)21-11-6-3-2-4-7-11/h5,8-11H,2-4,6-7H2,1H3,(H,20,23)(H,21,25)(H,22,24). The Balaban J connectivity index is 1.74. The van der Waals surface area contributed by atoms with Crippen molar-refractivity contribution in [2.75, 3.05) is 12.4 Å². The van der Waals surface area contributed by atoms with Gasteiger partial charge in [-0.15, -0.1) is 0 Å². The predicted molar refractivity (Wildman–Crippen MR) is 98.9 cm³/mol. The van der Waals surface area contributed by atoms with Crippen LogP contribution in [0.25, 0.3) is 0 Å². The van der Waals surface area contributed by atoms with Crippen LogP contribution >= 0.6 is 11.6 Å². The molecule has 0 saturated heterocycles. The Bertz CT molecular complexity index is 799. The van der Waals surface area contributed by atoms with Gasteiger partial charge < -0.3 is 15.4 Å². The van der Waals surface area contributed by atoms with Gasteiger partial charge in [-0.3, -0.25) is 14.7 Å². The molecule has 0 spiro atoms. The summed E-state index contributed by atoms with van der Waals surface area (Å²) < 4.78 is 5.20. The molecule has 1 aliphatic carbocycles. The van der Waals surface area contributed by atoms with Crippen molar-refractivity contribution in [1.29, 1.82) is 0 Å². The Hall–Kier alpha value is -2.54. The van der Waals surface area contributed by atoms with Crippen molar-refractivity contribution in [2.24, 2.45) is 0 Å². The lowest BCUT2D eigenvalue weighted by Gasteiger charge is -2.22. The molecule has 1 aliphatic rings. The zero-order valence-electron chi connectivity index (χ0n) is 14.5. The van der Waals surface area contributed by atoms with Gasteiger partial charge in [-0.05, 0) is 25.0 Å². The smallest absolute Gasteiger partial charge is 0.271 e. The van der Waals surface area contributed by atoms with Gasteiger partial charge >= 0.3 is 0 Å². The van der Waals surface area contributed by atoms with Crippen LogP contribution in [-0.2, 0) is 0 Å². The van der Waals surface area contributed by atoms with Gasteiger partial charge in [0.2, 0.25) is 0 Å². The summed E-state index contributed by atoms with van der Waals surface area (Å²) in [5.74, 6) is -0.400. The number of ether oxygens (including phenoxy) is 1. The normalized spacial score (nSPS) is 14.7. The van der Waals surface area contributed by atoms with E-state index < -0.39 is 5.91 Å². The Morgan fingerprint density at radius 3 is 2.73 bits per heavy atom. The van der Waals surface area contributed by atoms with Crippen molar-refractivity contribution in [1.82, 2.24) is 15.5 Å². The van der Waals surface area contributed by atoms with Crippen molar-refractivity contribution in [3.63, 3.8) is 0 Å². The Kier molecular flexibility index (Phi) is 5.78. The van der Waals surface area contributed by atoms with E-state index in [9.17, 15) is 9.59 Å². The molecule has 0 radical (unpaired) electrons. The minimum absolute atomic E-state index is 0.159. The zero-order chi connectivity index (χ0) is 18.5. The molecule has 0 bridgehead atoms. The van der Waals surface area contributed by atoms with Gasteiger partial charge in [-0.1, -0.05) is 36.9 Å². The second kappa shape index (κ2) is 8.23. The van der Waals surface area contributed by atoms with Gasteiger partial charge in [0, 0.05) is 6.04 Å². The summed E-state index contributed by atoms with van der Waals surface area (Å²) in [6.45, 7) is 0. The van der Waals surface area contributed by atoms with Crippen LogP contribution in [0.5, 0.6) is 5.75 Å². The fourth-order valence-corrected chi connectivity index (χ4v) is 3.39. The first-order chi connectivity index (χ1) is 12.6. The lowest BCUT2D eigenvalue weighted by molar-refractivity contribution is 0.0923. The Labute approximate surface area is 156 Å². The quantitative estimate of drug-likeness (QED) is 0.745. The van der Waals surface area contributed by atoms with Crippen LogP contribution < -0.4 is 15.4 Å². The summed E-state index contributed by atoms with van der Waals surface area (Å²) in [5.41, 5.74) is 0.719. The number of aromatic amines is 1. The van der Waals surface area contributed by atoms with Crippen molar-refractivity contribution >= 4 is 29.1 Å². The molecule has 3 rings (SSSR count). The molecule has 0 atom stereocenters. The maximum Gasteiger partial charge on any atom is 0.271 e. The third kappa shape index (κ3) is 3.99. The van der Waals surface area contributed by atoms with E-state index >= 15 is 0 Å². The van der Waals surface area contributed by atoms with Gasteiger partial charge in [-0.25, -0.2) is 0 Å². The minimum atomic E-state index is -0.472. The topological polar surface area (TPSA) is 96.1 Å². The summed E-state index contributed by atoms with van der Waals surface area (Å²) >= 11 is 6.13. The largest absolute Gasteiger partial charge is 0.496 e. The van der Waals surface area contributed by atoms with E-state index in [2.05, 4.69) is 20.8 Å². The third-order valence-electron chi connectivity index (χ3n) is 4.48. The van der Waals surface area contributed by atoms with Crippen LogP contribution in [0, 0.1) is 0 Å². The predicted octanol–water partition coefficient (Wildman–Crippen LogP) is 3.39. The van der Waals surface area contributed by atoms with Crippen molar-refractivity contribution in [2.45, 2.75) is 38.1 Å². The summed E-state index contributed by atoms with van der Waals surface area (Å²) in [6.07, 6.45) is 6.78. The third-order valence-corrected chi connectivity index (χ3v) is 4.79. The molecule has 2 amide bonds. The fraction of sp³-hybridized carbons (Fsp3) is 0.389. The summed E-state index contributed by atoms with van der Waals surface area (Å²) in [6, 6.07) is 5.10. The second-order valence-corrected chi connectivity index (χ2v) is 6.65. The molecule has 1 heterocycles. The molecule has 138 valence electrons. The lowest BCUT2D eigenvalue weighted by Crippen LogP contribution is -2.36. The average molecular weight is 377 g/mol. The summed E-state index contributed by atoms with van der Waals surface area (Å²) in [5, 5.41) is 12.5. The number of halogens is 1. The number of benzene rings is 1. The van der Waals surface area contributed by atoms with E-state index in [-0.39, 0.29) is 28.2 Å². The number of nitrogens with one attached hydrogen (secondary N) is 3. The molecule has 7 nitrogen and oxygen atoms in total. The van der Waals surface area contributed by atoms with E-state index in [0.717, 1.165) is 25.7 Å². The first kappa shape index (κ1) is 18.3. The molecule has 8 heteroatoms. The van der Waals surface area contributed by atoms with E-state index in [1.807, 2.05) is 0 Å². The van der Waals surface area contributed by atoms with Crippen LogP contribution in [-0.4, -0.2) is 35.2 Å². The molecule has 3 N–H and O–H groups in total. The van der Waals surface area contributed by atoms with Gasteiger partial charge in [0.25, 0.3) is 11.8 Å². The number of methoxy groups -OCH3 is 1. The highest BCUT2D eigenvalue weighted by molar-refractivity contribution is 6.35. The lowest BCUT2D eigenvalue weighted by atomic mass is 9.95. The molecule has 1 aromatic carbocycles. The van der Waals surface area contributed by atoms with Gasteiger partial charge in [0.05, 0.1) is 24.0 Å². The maximum atomic E-state index is 12.6. The van der Waals surface area contributed by atoms with Gasteiger partial charge in [-0.2, -0.15) is 5.10 Å². The molecule has 0 unspecified atom stereocenters. The highest BCUT2D eigenvalue weighted by Gasteiger charge is 2.23. The summed E-state index contributed by atoms with van der Waals surface area (Å²) in [7, 11) is 1.46. The number of nitrogens with zero attached hydrogens (tertiary/aromatic N) is 1. The highest BCUT2D eigenvalue weighted by Crippen LogP contribution is 2.27. The van der Waals surface area contributed by atoms with Gasteiger partial charge in [0.15, 0.2) is 0 Å². The molecular weight excluding hydrogens is 356 g/mol. The number of anilines is 1. The van der Waals surface area contributed by atoms with Crippen LogP contribution in [0.15, 0.2) is 24.4 Å². The van der Waals surface area contributed by atoms with Crippen LogP contribution in [0.1, 0.15) is 53.0 Å². The number of hydrogen-bond donors (Lipinski definition) is 3. The second-order valence-electron chi connectivity index (χ2n) is 6.24. The van der Waals surface area contributed by atoms with Crippen LogP contribution in [0.2, 0.25) is 5.02 Å². The number of aromatic nitrogens is 2. The summed E-state index contributed by atoms with van der Waals surface area (Å²) in [4.78, 5) is 25.1. The number of rotatable bonds is 5. The number of amides is 2. The number of hydrogen-bond acceptors (Lipinski definition) is 4. The van der Waals surface area contributed by atoms with Crippen molar-refractivity contribution in [3.05, 3.63) is 40.7 Å². The van der Waals surface area contributed by atoms with Gasteiger partial charge in [0.1, 0.15) is 17.0 Å². The highest BCUT2D eigenvalue weighted by atomic mass is 35.5. The average Bonchev–Trinajstić information content (AvgIpc) is 3.10. The molecule has 2 aromatic rings. The molecule has 1 aromatic heterocycles. The number of carbonyl (C=O) groups is 2. The van der Waals surface area contributed by atoms with Crippen molar-refractivity contribution < 1.29 is 14.3 Å². The van der Waals surface area contributed by atoms with E-state index in [1.54, 1.807) is 18.2 Å². The molecule has 1 fully saturated rings. The molecular formula is C18H21ClN4O3. The number of carbonyl (C=O) groups excluding carboxylic acids is 2. The Morgan fingerprint density at radius 1 is 1.23 bits per heavy atom. The van der Waals surface area contributed by atoms with Crippen LogP contribution in [0.3, 0.4) is 0 Å². The van der Waals surface area contributed by atoms with E-state index in [1.165, 1.54) is 19.7 Å². The Morgan fingerprint density at radius 2 is 2.00 bits per heavy atom. The van der Waals surface area contributed by atoms with Crippen molar-refractivity contribution in [3.8, 4) is 5.75 Å². The SMILES string of the molecule is COc1cccc(Cl)c1C(=O)Nc1cn[nH]c1C(=O)NC1CCCCC1. The monoisotopic (exact) mass is 376 g/mol. The van der Waals surface area contributed by atoms with E-state index in [4.69, 9.17) is 16.3 Å². The molecule has 0 aliphatic heterocycles. The maximum absolute atomic E-state index is 12.6. The van der Waals surface area contributed by atoms with E-state index in [0.29, 0.717) is 11.4 Å². The zero-order valence-corrected chi connectivity index (χ0v) is 15.2. The first-order valence-electron chi connectivity index (χ1n) is 8.58. The minimum Gasteiger partial charge on any atom is -0.496 e. The van der Waals surface area contributed by atoms with Crippen LogP contribution in [0.4, 0.5) is 5.69 Å². The fourth-order valence-electron chi connectivity index (χ4n) is 3.14. The first-order valence-corrected chi connectivity index (χ1v) is 8.96. The molecule has 1 saturated carbocycles.